The molecule has 0 aliphatic rings. The summed E-state index contributed by atoms with van der Waals surface area (Å²) in [6.45, 7) is 1.68. The average Bonchev–Trinajstić information content (AvgIpc) is 2.82. The van der Waals surface area contributed by atoms with Gasteiger partial charge in [0.25, 0.3) is 5.69 Å². The zero-order valence-corrected chi connectivity index (χ0v) is 17.5. The monoisotopic (exact) mass is 430 g/mol. The molecule has 0 saturated carbocycles. The number of nitro benzene ring substituents is 1. The number of hydrogen-bond acceptors (Lipinski definition) is 5. The Morgan fingerprint density at radius 3 is 1.91 bits per heavy atom. The first kappa shape index (κ1) is 22.4. The lowest BCUT2D eigenvalue weighted by atomic mass is 10.1. The Hall–Kier alpha value is -4.33. The molecule has 1 N–H and O–H groups in total. The number of nitrogens with one attached hydrogen (secondary N) is 1. The summed E-state index contributed by atoms with van der Waals surface area (Å²) in [5, 5.41) is 14.8. The number of rotatable bonds is 8. The molecule has 0 saturated heterocycles. The van der Waals surface area contributed by atoms with Crippen LogP contribution in [0.3, 0.4) is 0 Å². The maximum atomic E-state index is 13.0. The first-order valence-corrected chi connectivity index (χ1v) is 9.96. The Bertz CT molecular complexity index is 1070. The van der Waals surface area contributed by atoms with Gasteiger partial charge in [-0.25, -0.2) is 5.43 Å². The quantitative estimate of drug-likeness (QED) is 0.321. The van der Waals surface area contributed by atoms with Crippen LogP contribution in [0.5, 0.6) is 0 Å². The highest BCUT2D eigenvalue weighted by Crippen LogP contribution is 2.26. The summed E-state index contributed by atoms with van der Waals surface area (Å²) in [6.07, 6.45) is -0.0340. The fraction of sp³-hybridized carbons (Fsp3) is 0.125. The van der Waals surface area contributed by atoms with Crippen LogP contribution >= 0.6 is 0 Å². The lowest BCUT2D eigenvalue weighted by molar-refractivity contribution is -0.384. The first-order valence-electron chi connectivity index (χ1n) is 9.96. The van der Waals surface area contributed by atoms with Crippen LogP contribution in [0.1, 0.15) is 25.3 Å². The molecule has 0 aliphatic carbocycles. The van der Waals surface area contributed by atoms with Gasteiger partial charge in [-0.1, -0.05) is 36.4 Å². The van der Waals surface area contributed by atoms with E-state index in [2.05, 4.69) is 10.5 Å². The minimum Gasteiger partial charge on any atom is -0.281 e. The highest BCUT2D eigenvalue weighted by Gasteiger charge is 2.18. The maximum Gasteiger partial charge on any atom is 0.269 e. The van der Waals surface area contributed by atoms with Gasteiger partial charge in [0, 0.05) is 36.3 Å². The van der Waals surface area contributed by atoms with Crippen LogP contribution in [0.25, 0.3) is 0 Å². The molecule has 2 amide bonds. The number of anilines is 2. The molecule has 0 bridgehead atoms. The zero-order valence-electron chi connectivity index (χ0n) is 17.5. The molecule has 162 valence electrons. The van der Waals surface area contributed by atoms with Crippen molar-refractivity contribution in [2.24, 2.45) is 5.10 Å². The third kappa shape index (κ3) is 5.85. The smallest absolute Gasteiger partial charge is 0.269 e. The molecule has 0 spiro atoms. The second-order valence-corrected chi connectivity index (χ2v) is 6.94. The number of para-hydroxylation sites is 2. The van der Waals surface area contributed by atoms with Gasteiger partial charge < -0.3 is 0 Å². The van der Waals surface area contributed by atoms with E-state index in [4.69, 9.17) is 0 Å². The van der Waals surface area contributed by atoms with Gasteiger partial charge in [0.2, 0.25) is 11.8 Å². The molecule has 0 aromatic heterocycles. The molecule has 0 atom stereocenters. The second kappa shape index (κ2) is 10.6. The van der Waals surface area contributed by atoms with Crippen molar-refractivity contribution in [1.29, 1.82) is 0 Å². The average molecular weight is 430 g/mol. The van der Waals surface area contributed by atoms with E-state index in [1.165, 1.54) is 12.1 Å². The normalized spacial score (nSPS) is 11.0. The van der Waals surface area contributed by atoms with Crippen LogP contribution < -0.4 is 10.3 Å². The number of carbonyl (C=O) groups excluding carboxylic acids is 2. The predicted molar refractivity (Wildman–Crippen MR) is 123 cm³/mol. The molecule has 0 aliphatic heterocycles. The lowest BCUT2D eigenvalue weighted by Gasteiger charge is -2.23. The van der Waals surface area contributed by atoms with E-state index in [9.17, 15) is 19.7 Å². The van der Waals surface area contributed by atoms with E-state index in [1.807, 2.05) is 60.7 Å². The standard InChI is InChI=1S/C24H22N4O4/c1-18(19-12-14-22(15-13-19)28(31)32)25-26-23(29)16-17-24(30)27(20-8-4-2-5-9-20)21-10-6-3-7-11-21/h2-15H,16-17H2,1H3,(H,26,29)/b25-18+. The summed E-state index contributed by atoms with van der Waals surface area (Å²) in [7, 11) is 0. The van der Waals surface area contributed by atoms with Gasteiger partial charge in [0.05, 0.1) is 10.6 Å². The summed E-state index contributed by atoms with van der Waals surface area (Å²) in [5.74, 6) is -0.616. The van der Waals surface area contributed by atoms with E-state index in [-0.39, 0.29) is 24.4 Å². The largest absolute Gasteiger partial charge is 0.281 e. The minimum atomic E-state index is -0.483. The van der Waals surface area contributed by atoms with Crippen molar-refractivity contribution < 1.29 is 14.5 Å². The number of non-ortho nitro benzene ring substituents is 1. The molecule has 8 heteroatoms. The number of amides is 2. The molecular formula is C24H22N4O4. The number of carbonyl (C=O) groups is 2. The summed E-state index contributed by atoms with van der Waals surface area (Å²) in [4.78, 5) is 37.0. The molecule has 32 heavy (non-hydrogen) atoms. The van der Waals surface area contributed by atoms with E-state index >= 15 is 0 Å². The van der Waals surface area contributed by atoms with Crippen molar-refractivity contribution >= 4 is 34.6 Å². The van der Waals surface area contributed by atoms with Crippen molar-refractivity contribution in [2.45, 2.75) is 19.8 Å². The van der Waals surface area contributed by atoms with Crippen LogP contribution in [-0.2, 0) is 9.59 Å². The van der Waals surface area contributed by atoms with Crippen LogP contribution in [0.2, 0.25) is 0 Å². The molecule has 3 aromatic rings. The van der Waals surface area contributed by atoms with Crippen LogP contribution in [-0.4, -0.2) is 22.4 Å². The fourth-order valence-electron chi connectivity index (χ4n) is 3.01. The third-order valence-electron chi connectivity index (χ3n) is 4.69. The zero-order chi connectivity index (χ0) is 22.9. The van der Waals surface area contributed by atoms with Crippen molar-refractivity contribution in [3.05, 3.63) is 101 Å². The fourth-order valence-corrected chi connectivity index (χ4v) is 3.01. The Labute approximate surface area is 185 Å². The number of nitrogens with zero attached hydrogens (tertiary/aromatic N) is 3. The molecular weight excluding hydrogens is 408 g/mol. The Balaban J connectivity index is 1.62. The van der Waals surface area contributed by atoms with E-state index < -0.39 is 10.8 Å². The van der Waals surface area contributed by atoms with Gasteiger partial charge >= 0.3 is 0 Å². The minimum absolute atomic E-state index is 0.00171. The summed E-state index contributed by atoms with van der Waals surface area (Å²) in [5.41, 5.74) is 4.99. The highest BCUT2D eigenvalue weighted by molar-refractivity contribution is 6.02. The number of hydrogen-bond donors (Lipinski definition) is 1. The molecule has 0 heterocycles. The molecule has 0 radical (unpaired) electrons. The predicted octanol–water partition coefficient (Wildman–Crippen LogP) is 4.58. The first-order chi connectivity index (χ1) is 15.5. The topological polar surface area (TPSA) is 105 Å². The van der Waals surface area contributed by atoms with Crippen molar-refractivity contribution in [2.75, 3.05) is 4.90 Å². The molecule has 0 unspecified atom stereocenters. The van der Waals surface area contributed by atoms with Gasteiger partial charge in [0.15, 0.2) is 0 Å². The van der Waals surface area contributed by atoms with Crippen LogP contribution in [0, 0.1) is 10.1 Å². The Morgan fingerprint density at radius 1 is 0.875 bits per heavy atom. The van der Waals surface area contributed by atoms with Gasteiger partial charge in [-0.05, 0) is 48.9 Å². The number of hydrazone groups is 1. The third-order valence-corrected chi connectivity index (χ3v) is 4.69. The SMILES string of the molecule is C/C(=N\NC(=O)CCC(=O)N(c1ccccc1)c1ccccc1)c1ccc([N+](=O)[O-])cc1. The van der Waals surface area contributed by atoms with Crippen molar-refractivity contribution in [1.82, 2.24) is 5.43 Å². The highest BCUT2D eigenvalue weighted by atomic mass is 16.6. The molecule has 8 nitrogen and oxygen atoms in total. The maximum absolute atomic E-state index is 13.0. The number of benzene rings is 3. The van der Waals surface area contributed by atoms with E-state index in [0.717, 1.165) is 11.4 Å². The summed E-state index contributed by atoms with van der Waals surface area (Å²) < 4.78 is 0. The number of nitro groups is 1. The molecule has 3 aromatic carbocycles. The van der Waals surface area contributed by atoms with Gasteiger partial charge in [-0.3, -0.25) is 24.6 Å². The van der Waals surface area contributed by atoms with Gasteiger partial charge in [-0.2, -0.15) is 5.10 Å². The summed E-state index contributed by atoms with van der Waals surface area (Å²) in [6, 6.07) is 24.3. The lowest BCUT2D eigenvalue weighted by Crippen LogP contribution is -2.28. The van der Waals surface area contributed by atoms with Crippen LogP contribution in [0.4, 0.5) is 17.1 Å². The second-order valence-electron chi connectivity index (χ2n) is 6.94. The van der Waals surface area contributed by atoms with E-state index in [1.54, 1.807) is 24.0 Å². The van der Waals surface area contributed by atoms with Crippen molar-refractivity contribution in [3.8, 4) is 0 Å². The van der Waals surface area contributed by atoms with Gasteiger partial charge in [-0.15, -0.1) is 0 Å². The summed E-state index contributed by atoms with van der Waals surface area (Å²) >= 11 is 0. The van der Waals surface area contributed by atoms with Crippen molar-refractivity contribution in [3.63, 3.8) is 0 Å². The molecule has 0 fully saturated rings. The Kier molecular flexibility index (Phi) is 7.42. The van der Waals surface area contributed by atoms with Crippen LogP contribution in [0.15, 0.2) is 90.0 Å². The Morgan fingerprint density at radius 2 is 1.41 bits per heavy atom. The van der Waals surface area contributed by atoms with Gasteiger partial charge in [0.1, 0.15) is 0 Å². The van der Waals surface area contributed by atoms with E-state index in [0.29, 0.717) is 11.3 Å². The molecule has 3 rings (SSSR count).